The average molecular weight is 286 g/mol. The van der Waals surface area contributed by atoms with Crippen LogP contribution in [-0.4, -0.2) is 9.90 Å². The molecule has 0 saturated carbocycles. The number of hydrogen-bond acceptors (Lipinski definition) is 1. The first-order valence-corrected chi connectivity index (χ1v) is 6.70. The summed E-state index contributed by atoms with van der Waals surface area (Å²) in [5.74, 6) is 0.452. The fourth-order valence-electron chi connectivity index (χ4n) is 1.55. The third-order valence-electron chi connectivity index (χ3n) is 2.98. The van der Waals surface area contributed by atoms with Crippen molar-refractivity contribution in [3.63, 3.8) is 0 Å². The SMILES string of the molecule is Cc1ccn(CC(CBr)C(C)(C)C)c(=O)c1. The summed E-state index contributed by atoms with van der Waals surface area (Å²) in [5, 5.41) is 0.914. The first kappa shape index (κ1) is 13.5. The largest absolute Gasteiger partial charge is 0.315 e. The van der Waals surface area contributed by atoms with Crippen LogP contribution >= 0.6 is 15.9 Å². The lowest BCUT2D eigenvalue weighted by molar-refractivity contribution is 0.237. The Morgan fingerprint density at radius 2 is 2.06 bits per heavy atom. The number of aryl methyl sites for hydroxylation is 1. The summed E-state index contributed by atoms with van der Waals surface area (Å²) in [6.07, 6.45) is 1.89. The maximum atomic E-state index is 11.8. The standard InChI is InChI=1S/C13H20BrNO/c1-10-5-6-15(12(16)7-10)9-11(8-14)13(2,3)4/h5-7,11H,8-9H2,1-4H3. The van der Waals surface area contributed by atoms with E-state index in [1.807, 2.05) is 19.2 Å². The second-order valence-corrected chi connectivity index (χ2v) is 6.06. The van der Waals surface area contributed by atoms with Crippen molar-refractivity contribution < 1.29 is 0 Å². The first-order valence-electron chi connectivity index (χ1n) is 5.57. The van der Waals surface area contributed by atoms with Crippen LogP contribution in [0.4, 0.5) is 0 Å². The van der Waals surface area contributed by atoms with Crippen molar-refractivity contribution in [2.75, 3.05) is 5.33 Å². The zero-order valence-electron chi connectivity index (χ0n) is 10.5. The van der Waals surface area contributed by atoms with Gasteiger partial charge in [0.1, 0.15) is 0 Å². The molecular weight excluding hydrogens is 266 g/mol. The summed E-state index contributed by atoms with van der Waals surface area (Å²) >= 11 is 3.53. The van der Waals surface area contributed by atoms with E-state index in [0.717, 1.165) is 17.4 Å². The molecule has 0 fully saturated rings. The van der Waals surface area contributed by atoms with Crippen LogP contribution in [0.25, 0.3) is 0 Å². The van der Waals surface area contributed by atoms with Crippen LogP contribution in [0.2, 0.25) is 0 Å². The molecule has 1 rings (SSSR count). The highest BCUT2D eigenvalue weighted by Crippen LogP contribution is 2.28. The zero-order chi connectivity index (χ0) is 12.3. The van der Waals surface area contributed by atoms with Gasteiger partial charge in [-0.05, 0) is 29.9 Å². The van der Waals surface area contributed by atoms with Crippen molar-refractivity contribution in [2.24, 2.45) is 11.3 Å². The zero-order valence-corrected chi connectivity index (χ0v) is 12.0. The Morgan fingerprint density at radius 3 is 2.50 bits per heavy atom. The Morgan fingerprint density at radius 1 is 1.44 bits per heavy atom. The molecule has 0 aliphatic rings. The molecule has 1 aromatic heterocycles. The number of halogens is 1. The second kappa shape index (κ2) is 5.17. The van der Waals surface area contributed by atoms with Crippen molar-refractivity contribution >= 4 is 15.9 Å². The summed E-state index contributed by atoms with van der Waals surface area (Å²) in [6, 6.07) is 3.67. The van der Waals surface area contributed by atoms with E-state index < -0.39 is 0 Å². The Balaban J connectivity index is 2.91. The van der Waals surface area contributed by atoms with E-state index >= 15 is 0 Å². The summed E-state index contributed by atoms with van der Waals surface area (Å²) in [7, 11) is 0. The average Bonchev–Trinajstić information content (AvgIpc) is 2.14. The molecule has 90 valence electrons. The smallest absolute Gasteiger partial charge is 0.250 e. The summed E-state index contributed by atoms with van der Waals surface area (Å²) < 4.78 is 1.80. The Hall–Kier alpha value is -0.570. The molecule has 2 nitrogen and oxygen atoms in total. The normalized spacial score (nSPS) is 13.8. The topological polar surface area (TPSA) is 22.0 Å². The van der Waals surface area contributed by atoms with E-state index in [-0.39, 0.29) is 11.0 Å². The molecule has 1 atom stereocenters. The van der Waals surface area contributed by atoms with Crippen LogP contribution in [0.15, 0.2) is 23.1 Å². The summed E-state index contributed by atoms with van der Waals surface area (Å²) in [6.45, 7) is 9.33. The van der Waals surface area contributed by atoms with Crippen molar-refractivity contribution in [1.82, 2.24) is 4.57 Å². The van der Waals surface area contributed by atoms with Crippen molar-refractivity contribution in [3.8, 4) is 0 Å². The molecule has 1 heterocycles. The number of alkyl halides is 1. The van der Waals surface area contributed by atoms with Gasteiger partial charge in [-0.15, -0.1) is 0 Å². The number of rotatable bonds is 3. The summed E-state index contributed by atoms with van der Waals surface area (Å²) in [4.78, 5) is 11.8. The predicted molar refractivity (Wildman–Crippen MR) is 72.2 cm³/mol. The minimum Gasteiger partial charge on any atom is -0.315 e. The molecule has 1 unspecified atom stereocenters. The second-order valence-electron chi connectivity index (χ2n) is 5.41. The molecule has 16 heavy (non-hydrogen) atoms. The van der Waals surface area contributed by atoms with Crippen molar-refractivity contribution in [1.29, 1.82) is 0 Å². The van der Waals surface area contributed by atoms with Crippen LogP contribution < -0.4 is 5.56 Å². The highest BCUT2D eigenvalue weighted by atomic mass is 79.9. The van der Waals surface area contributed by atoms with Gasteiger partial charge in [-0.1, -0.05) is 36.7 Å². The minimum absolute atomic E-state index is 0.0928. The van der Waals surface area contributed by atoms with Crippen LogP contribution in [0.1, 0.15) is 26.3 Å². The van der Waals surface area contributed by atoms with E-state index in [9.17, 15) is 4.79 Å². The molecular formula is C13H20BrNO. The molecule has 1 aromatic rings. The molecule has 0 spiro atoms. The molecule has 0 amide bonds. The highest BCUT2D eigenvalue weighted by Gasteiger charge is 2.23. The fraction of sp³-hybridized carbons (Fsp3) is 0.615. The minimum atomic E-state index is 0.0928. The summed E-state index contributed by atoms with van der Waals surface area (Å²) in [5.41, 5.74) is 1.32. The van der Waals surface area contributed by atoms with Crippen molar-refractivity contribution in [3.05, 3.63) is 34.2 Å². The lowest BCUT2D eigenvalue weighted by atomic mass is 9.82. The van der Waals surface area contributed by atoms with Gasteiger partial charge in [0.25, 0.3) is 5.56 Å². The molecule has 0 bridgehead atoms. The van der Waals surface area contributed by atoms with Gasteiger partial charge in [0.05, 0.1) is 0 Å². The monoisotopic (exact) mass is 285 g/mol. The van der Waals surface area contributed by atoms with Crippen LogP contribution in [-0.2, 0) is 6.54 Å². The van der Waals surface area contributed by atoms with Gasteiger partial charge in [-0.2, -0.15) is 0 Å². The van der Waals surface area contributed by atoms with Gasteiger partial charge in [0.2, 0.25) is 0 Å². The maximum Gasteiger partial charge on any atom is 0.250 e. The maximum absolute atomic E-state index is 11.8. The van der Waals surface area contributed by atoms with E-state index in [1.54, 1.807) is 10.6 Å². The third-order valence-corrected chi connectivity index (χ3v) is 3.76. The van der Waals surface area contributed by atoms with Crippen molar-refractivity contribution in [2.45, 2.75) is 34.2 Å². The van der Waals surface area contributed by atoms with E-state index in [1.165, 1.54) is 0 Å². The molecule has 0 radical (unpaired) electrons. The molecule has 0 N–H and O–H groups in total. The molecule has 0 saturated heterocycles. The number of pyridine rings is 1. The van der Waals surface area contributed by atoms with Crippen LogP contribution in [0.5, 0.6) is 0 Å². The van der Waals surface area contributed by atoms with Gasteiger partial charge >= 0.3 is 0 Å². The number of hydrogen-bond donors (Lipinski definition) is 0. The van der Waals surface area contributed by atoms with Gasteiger partial charge < -0.3 is 4.57 Å². The van der Waals surface area contributed by atoms with Gasteiger partial charge in [0.15, 0.2) is 0 Å². The van der Waals surface area contributed by atoms with Crippen LogP contribution in [0, 0.1) is 18.3 Å². The number of nitrogens with zero attached hydrogens (tertiary/aromatic N) is 1. The number of aromatic nitrogens is 1. The molecule has 0 aliphatic heterocycles. The van der Waals surface area contributed by atoms with E-state index in [2.05, 4.69) is 36.7 Å². The Bertz CT molecular complexity index is 403. The third kappa shape index (κ3) is 3.48. The van der Waals surface area contributed by atoms with Crippen LogP contribution in [0.3, 0.4) is 0 Å². The van der Waals surface area contributed by atoms with Gasteiger partial charge in [-0.3, -0.25) is 4.79 Å². The quantitative estimate of drug-likeness (QED) is 0.782. The lowest BCUT2D eigenvalue weighted by Gasteiger charge is -2.29. The first-order chi connectivity index (χ1) is 7.34. The highest BCUT2D eigenvalue weighted by molar-refractivity contribution is 9.09. The predicted octanol–water partition coefficient (Wildman–Crippen LogP) is 3.21. The fourth-order valence-corrected chi connectivity index (χ4v) is 2.73. The Labute approximate surface area is 106 Å². The molecule has 0 aromatic carbocycles. The lowest BCUT2D eigenvalue weighted by Crippen LogP contribution is -2.31. The van der Waals surface area contributed by atoms with E-state index in [4.69, 9.17) is 0 Å². The van der Waals surface area contributed by atoms with E-state index in [0.29, 0.717) is 5.92 Å². The Kier molecular flexibility index (Phi) is 4.36. The molecule has 0 aliphatic carbocycles. The van der Waals surface area contributed by atoms with Gasteiger partial charge in [0, 0.05) is 24.1 Å². The van der Waals surface area contributed by atoms with Gasteiger partial charge in [-0.25, -0.2) is 0 Å². The molecule has 3 heteroatoms.